The number of nitrogens with two attached hydrogens (primary N) is 1. The van der Waals surface area contributed by atoms with Crippen molar-refractivity contribution in [1.82, 2.24) is 5.32 Å². The van der Waals surface area contributed by atoms with Crippen molar-refractivity contribution in [1.29, 1.82) is 0 Å². The average Bonchev–Trinajstić information content (AvgIpc) is 2.75. The molecule has 0 heterocycles. The van der Waals surface area contributed by atoms with Gasteiger partial charge in [-0.05, 0) is 48.7 Å². The molecule has 34 heavy (non-hydrogen) atoms. The van der Waals surface area contributed by atoms with E-state index in [1.165, 1.54) is 0 Å². The van der Waals surface area contributed by atoms with Gasteiger partial charge in [0.1, 0.15) is 0 Å². The summed E-state index contributed by atoms with van der Waals surface area (Å²) in [6, 6.07) is 10.4. The third kappa shape index (κ3) is 9.90. The zero-order valence-corrected chi connectivity index (χ0v) is 19.0. The topological polar surface area (TPSA) is 64.4 Å². The summed E-state index contributed by atoms with van der Waals surface area (Å²) in [4.78, 5) is 12.0. The molecule has 2 rings (SSSR count). The Balaban J connectivity index is 0.00000578. The van der Waals surface area contributed by atoms with E-state index in [-0.39, 0.29) is 49.0 Å². The van der Waals surface area contributed by atoms with Gasteiger partial charge in [0.05, 0.1) is 24.3 Å². The smallest absolute Gasteiger partial charge is 0.376 e. The summed E-state index contributed by atoms with van der Waals surface area (Å²) in [5.41, 5.74) is 3.21. The molecule has 11 heteroatoms. The zero-order chi connectivity index (χ0) is 24.5. The fourth-order valence-electron chi connectivity index (χ4n) is 3.18. The molecule has 3 N–H and O–H groups in total. The highest BCUT2D eigenvalue weighted by Gasteiger charge is 2.36. The number of amides is 1. The Hall–Kier alpha value is -2.30. The summed E-state index contributed by atoms with van der Waals surface area (Å²) in [6.45, 7) is 0.243. The highest BCUT2D eigenvalue weighted by atomic mass is 35.5. The number of carbonyl (C=O) groups is 1. The van der Waals surface area contributed by atoms with Gasteiger partial charge in [0, 0.05) is 18.9 Å². The molecule has 190 valence electrons. The molecule has 2 aromatic rings. The van der Waals surface area contributed by atoms with E-state index >= 15 is 0 Å². The van der Waals surface area contributed by atoms with Crippen LogP contribution in [0, 0.1) is 0 Å². The fourth-order valence-corrected chi connectivity index (χ4v) is 3.18. The number of hydrogen-bond acceptors (Lipinski definition) is 3. The molecule has 0 bridgehead atoms. The number of halogens is 7. The Bertz CT molecular complexity index is 859. The molecule has 0 aliphatic carbocycles. The molecule has 0 spiro atoms. The molecule has 0 aliphatic rings. The summed E-state index contributed by atoms with van der Waals surface area (Å²) < 4.78 is 83.7. The van der Waals surface area contributed by atoms with Gasteiger partial charge in [0.25, 0.3) is 0 Å². The molecule has 1 amide bonds. The second kappa shape index (κ2) is 13.6. The van der Waals surface area contributed by atoms with Crippen LogP contribution in [-0.2, 0) is 28.5 Å². The average molecular weight is 513 g/mol. The Morgan fingerprint density at radius 3 is 2.06 bits per heavy atom. The summed E-state index contributed by atoms with van der Waals surface area (Å²) in [5.74, 6) is -0.505. The summed E-state index contributed by atoms with van der Waals surface area (Å²) in [7, 11) is 0. The SMILES string of the molecule is Cl.NCCCCC(=O)NCC(COCc1cc(C(F)(F)F)cc(C(F)(F)F)c1)c1ccccc1. The third-order valence-electron chi connectivity index (χ3n) is 4.91. The quantitative estimate of drug-likeness (QED) is 0.300. The zero-order valence-electron chi connectivity index (χ0n) is 18.2. The van der Waals surface area contributed by atoms with E-state index in [1.807, 2.05) is 0 Å². The van der Waals surface area contributed by atoms with Gasteiger partial charge in [-0.25, -0.2) is 0 Å². The third-order valence-corrected chi connectivity index (χ3v) is 4.91. The Kier molecular flexibility index (Phi) is 11.9. The molecule has 0 aromatic heterocycles. The number of rotatable bonds is 11. The fraction of sp³-hybridized carbons (Fsp3) is 0.435. The van der Waals surface area contributed by atoms with Crippen LogP contribution in [0.1, 0.15) is 47.4 Å². The van der Waals surface area contributed by atoms with E-state index in [4.69, 9.17) is 10.5 Å². The van der Waals surface area contributed by atoms with Crippen molar-refractivity contribution in [3.05, 3.63) is 70.8 Å². The Morgan fingerprint density at radius 1 is 0.941 bits per heavy atom. The van der Waals surface area contributed by atoms with Crippen LogP contribution in [-0.4, -0.2) is 25.6 Å². The molecular weight excluding hydrogens is 486 g/mol. The van der Waals surface area contributed by atoms with Crippen LogP contribution in [0.5, 0.6) is 0 Å². The lowest BCUT2D eigenvalue weighted by atomic mass is 10.00. The van der Waals surface area contributed by atoms with Gasteiger partial charge in [-0.15, -0.1) is 12.4 Å². The normalized spacial score (nSPS) is 12.7. The molecule has 0 saturated heterocycles. The van der Waals surface area contributed by atoms with Gasteiger partial charge >= 0.3 is 12.4 Å². The minimum atomic E-state index is -4.92. The second-order valence-electron chi connectivity index (χ2n) is 7.59. The largest absolute Gasteiger partial charge is 0.416 e. The van der Waals surface area contributed by atoms with Crippen molar-refractivity contribution in [3.8, 4) is 0 Å². The van der Waals surface area contributed by atoms with Crippen LogP contribution in [0.4, 0.5) is 26.3 Å². The minimum Gasteiger partial charge on any atom is -0.376 e. The number of ether oxygens (including phenoxy) is 1. The van der Waals surface area contributed by atoms with Crippen molar-refractivity contribution in [2.24, 2.45) is 5.73 Å². The molecule has 0 radical (unpaired) electrons. The van der Waals surface area contributed by atoms with E-state index in [2.05, 4.69) is 5.32 Å². The molecule has 4 nitrogen and oxygen atoms in total. The van der Waals surface area contributed by atoms with Crippen LogP contribution in [0.25, 0.3) is 0 Å². The Morgan fingerprint density at radius 2 is 1.53 bits per heavy atom. The molecular formula is C23H27ClF6N2O2. The first kappa shape index (κ1) is 29.7. The van der Waals surface area contributed by atoms with Crippen LogP contribution in [0.2, 0.25) is 0 Å². The Labute approximate surface area is 200 Å². The molecule has 0 saturated carbocycles. The van der Waals surface area contributed by atoms with E-state index in [1.54, 1.807) is 30.3 Å². The first-order valence-corrected chi connectivity index (χ1v) is 10.4. The maximum Gasteiger partial charge on any atom is 0.416 e. The van der Waals surface area contributed by atoms with Crippen molar-refractivity contribution < 1.29 is 35.9 Å². The van der Waals surface area contributed by atoms with Gasteiger partial charge in [-0.2, -0.15) is 26.3 Å². The highest BCUT2D eigenvalue weighted by Crippen LogP contribution is 2.36. The number of carbonyl (C=O) groups excluding carboxylic acids is 1. The van der Waals surface area contributed by atoms with Gasteiger partial charge in [0.15, 0.2) is 0 Å². The van der Waals surface area contributed by atoms with Gasteiger partial charge in [-0.1, -0.05) is 30.3 Å². The van der Waals surface area contributed by atoms with Crippen LogP contribution < -0.4 is 11.1 Å². The monoisotopic (exact) mass is 512 g/mol. The van der Waals surface area contributed by atoms with E-state index in [0.717, 1.165) is 12.0 Å². The summed E-state index contributed by atoms with van der Waals surface area (Å²) >= 11 is 0. The molecule has 0 aliphatic heterocycles. The van der Waals surface area contributed by atoms with Crippen LogP contribution in [0.15, 0.2) is 48.5 Å². The molecule has 0 fully saturated rings. The van der Waals surface area contributed by atoms with Crippen molar-refractivity contribution in [2.45, 2.75) is 44.1 Å². The molecule has 1 atom stereocenters. The van der Waals surface area contributed by atoms with Gasteiger partial charge < -0.3 is 15.8 Å². The van der Waals surface area contributed by atoms with Gasteiger partial charge in [0.2, 0.25) is 5.91 Å². The van der Waals surface area contributed by atoms with Crippen molar-refractivity contribution >= 4 is 18.3 Å². The number of hydrogen-bond donors (Lipinski definition) is 2. The number of nitrogens with one attached hydrogen (secondary N) is 1. The predicted molar refractivity (Wildman–Crippen MR) is 118 cm³/mol. The molecule has 1 unspecified atom stereocenters. The van der Waals surface area contributed by atoms with E-state index in [0.29, 0.717) is 31.5 Å². The maximum absolute atomic E-state index is 13.0. The standard InChI is InChI=1S/C23H26F6N2O2.ClH/c24-22(25,26)19-10-16(11-20(12-19)23(27,28)29)14-33-15-18(17-6-2-1-3-7-17)13-31-21(32)8-4-5-9-30;/h1-3,6-7,10-12,18H,4-5,8-9,13-15,30H2,(H,31,32);1H. The number of alkyl halides is 6. The summed E-state index contributed by atoms with van der Waals surface area (Å²) in [6.07, 6.45) is -8.17. The predicted octanol–water partition coefficient (Wildman–Crippen LogP) is 5.69. The second-order valence-corrected chi connectivity index (χ2v) is 7.59. The van der Waals surface area contributed by atoms with Crippen molar-refractivity contribution in [3.63, 3.8) is 0 Å². The van der Waals surface area contributed by atoms with E-state index < -0.39 is 30.1 Å². The first-order chi connectivity index (χ1) is 15.5. The van der Waals surface area contributed by atoms with E-state index in [9.17, 15) is 31.1 Å². The minimum absolute atomic E-state index is 0. The number of unbranched alkanes of at least 4 members (excludes halogenated alkanes) is 1. The molecule has 2 aromatic carbocycles. The lowest BCUT2D eigenvalue weighted by Gasteiger charge is -2.19. The lowest BCUT2D eigenvalue weighted by Crippen LogP contribution is -2.30. The number of benzene rings is 2. The van der Waals surface area contributed by atoms with Crippen LogP contribution in [0.3, 0.4) is 0 Å². The maximum atomic E-state index is 13.0. The lowest BCUT2D eigenvalue weighted by molar-refractivity contribution is -0.143. The van der Waals surface area contributed by atoms with Crippen molar-refractivity contribution in [2.75, 3.05) is 19.7 Å². The first-order valence-electron chi connectivity index (χ1n) is 10.4. The van der Waals surface area contributed by atoms with Crippen LogP contribution >= 0.6 is 12.4 Å². The highest BCUT2D eigenvalue weighted by molar-refractivity contribution is 5.85. The van der Waals surface area contributed by atoms with Gasteiger partial charge in [-0.3, -0.25) is 4.79 Å². The summed E-state index contributed by atoms with van der Waals surface area (Å²) in [5, 5.41) is 2.79.